The minimum absolute atomic E-state index is 0.139. The Hall–Kier alpha value is -1.39. The average Bonchev–Trinajstić information content (AvgIpc) is 2.56. The molecule has 1 aromatic rings. The molecule has 0 amide bonds. The molecule has 0 aromatic heterocycles. The summed E-state index contributed by atoms with van der Waals surface area (Å²) in [5.41, 5.74) is 1.00. The van der Waals surface area contributed by atoms with E-state index in [1.807, 2.05) is 37.3 Å². The monoisotopic (exact) mass is 320 g/mol. The van der Waals surface area contributed by atoms with E-state index in [9.17, 15) is 4.79 Å². The third kappa shape index (κ3) is 5.96. The largest absolute Gasteiger partial charge is 0.466 e. The summed E-state index contributed by atoms with van der Waals surface area (Å²) >= 11 is 0. The summed E-state index contributed by atoms with van der Waals surface area (Å²) in [6.07, 6.45) is 5.22. The van der Waals surface area contributed by atoms with E-state index in [2.05, 4.69) is 6.92 Å². The zero-order chi connectivity index (χ0) is 16.5. The topological polar surface area (TPSA) is 44.8 Å². The van der Waals surface area contributed by atoms with E-state index in [0.717, 1.165) is 24.8 Å². The highest BCUT2D eigenvalue weighted by molar-refractivity contribution is 5.69. The molecular formula is C19H28O4. The van der Waals surface area contributed by atoms with Crippen LogP contribution in [0.3, 0.4) is 0 Å². The van der Waals surface area contributed by atoms with Crippen molar-refractivity contribution in [2.45, 2.75) is 70.9 Å². The van der Waals surface area contributed by atoms with Gasteiger partial charge in [-0.05, 0) is 13.3 Å². The van der Waals surface area contributed by atoms with Crippen LogP contribution < -0.4 is 0 Å². The van der Waals surface area contributed by atoms with Crippen LogP contribution in [0.25, 0.3) is 0 Å². The van der Waals surface area contributed by atoms with Crippen LogP contribution in [0.15, 0.2) is 30.3 Å². The number of rotatable bonds is 8. The third-order valence-electron chi connectivity index (χ3n) is 4.06. The summed E-state index contributed by atoms with van der Waals surface area (Å²) in [4.78, 5) is 11.8. The lowest BCUT2D eigenvalue weighted by molar-refractivity contribution is -0.250. The first-order valence-corrected chi connectivity index (χ1v) is 8.74. The van der Waals surface area contributed by atoms with E-state index in [0.29, 0.717) is 13.0 Å². The number of benzene rings is 1. The van der Waals surface area contributed by atoms with Gasteiger partial charge in [-0.3, -0.25) is 4.79 Å². The highest BCUT2D eigenvalue weighted by Crippen LogP contribution is 2.33. The van der Waals surface area contributed by atoms with Crippen molar-refractivity contribution in [2.75, 3.05) is 6.61 Å². The molecule has 1 saturated heterocycles. The first-order valence-electron chi connectivity index (χ1n) is 8.74. The molecule has 1 aromatic carbocycles. The van der Waals surface area contributed by atoms with Crippen LogP contribution in [0, 0.1) is 0 Å². The van der Waals surface area contributed by atoms with Crippen LogP contribution in [0.5, 0.6) is 0 Å². The minimum Gasteiger partial charge on any atom is -0.466 e. The average molecular weight is 320 g/mol. The molecule has 1 aliphatic heterocycles. The molecular weight excluding hydrogens is 292 g/mol. The number of carbonyl (C=O) groups is 1. The van der Waals surface area contributed by atoms with Gasteiger partial charge >= 0.3 is 5.97 Å². The highest BCUT2D eigenvalue weighted by atomic mass is 16.7. The van der Waals surface area contributed by atoms with Crippen LogP contribution in [0.2, 0.25) is 0 Å². The standard InChI is InChI=1S/C19H28O4/c1-3-5-7-12-16-13-17(14-18(20)21-4-2)23-19(22-16)15-10-8-6-9-11-15/h6,8-11,16-17,19H,3-5,7,12-14H2,1-2H3/t16-,17-,19-/m1/s1. The number of esters is 1. The molecule has 0 aliphatic carbocycles. The van der Waals surface area contributed by atoms with Gasteiger partial charge in [-0.15, -0.1) is 0 Å². The Balaban J connectivity index is 1.99. The second kappa shape index (κ2) is 9.68. The summed E-state index contributed by atoms with van der Waals surface area (Å²) in [5, 5.41) is 0. The highest BCUT2D eigenvalue weighted by Gasteiger charge is 2.32. The van der Waals surface area contributed by atoms with Gasteiger partial charge in [-0.1, -0.05) is 56.5 Å². The Kier molecular flexibility index (Phi) is 7.56. The summed E-state index contributed by atoms with van der Waals surface area (Å²) in [6.45, 7) is 4.42. The Morgan fingerprint density at radius 1 is 1.13 bits per heavy atom. The second-order valence-corrected chi connectivity index (χ2v) is 6.00. The fourth-order valence-corrected chi connectivity index (χ4v) is 2.90. The summed E-state index contributed by atoms with van der Waals surface area (Å²) in [5.74, 6) is -0.196. The van der Waals surface area contributed by atoms with E-state index < -0.39 is 6.29 Å². The molecule has 1 heterocycles. The predicted octanol–water partition coefficient (Wildman–Crippen LogP) is 4.39. The third-order valence-corrected chi connectivity index (χ3v) is 4.06. The number of ether oxygens (including phenoxy) is 3. The van der Waals surface area contributed by atoms with Crippen molar-refractivity contribution in [3.05, 3.63) is 35.9 Å². The molecule has 3 atom stereocenters. The molecule has 0 saturated carbocycles. The lowest BCUT2D eigenvalue weighted by atomic mass is 10.0. The molecule has 1 fully saturated rings. The van der Waals surface area contributed by atoms with E-state index in [4.69, 9.17) is 14.2 Å². The van der Waals surface area contributed by atoms with Crippen molar-refractivity contribution >= 4 is 5.97 Å². The van der Waals surface area contributed by atoms with E-state index in [1.54, 1.807) is 0 Å². The maximum atomic E-state index is 11.8. The van der Waals surface area contributed by atoms with E-state index in [1.165, 1.54) is 12.8 Å². The number of hydrogen-bond donors (Lipinski definition) is 0. The summed E-state index contributed by atoms with van der Waals surface area (Å²) < 4.78 is 17.2. The molecule has 0 N–H and O–H groups in total. The second-order valence-electron chi connectivity index (χ2n) is 6.00. The minimum atomic E-state index is -0.393. The number of carbonyl (C=O) groups excluding carboxylic acids is 1. The van der Waals surface area contributed by atoms with Crippen molar-refractivity contribution in [1.29, 1.82) is 0 Å². The van der Waals surface area contributed by atoms with Gasteiger partial charge < -0.3 is 14.2 Å². The number of hydrogen-bond acceptors (Lipinski definition) is 4. The van der Waals surface area contributed by atoms with Crippen molar-refractivity contribution in [2.24, 2.45) is 0 Å². The van der Waals surface area contributed by atoms with Crippen molar-refractivity contribution < 1.29 is 19.0 Å². The van der Waals surface area contributed by atoms with Crippen molar-refractivity contribution in [1.82, 2.24) is 0 Å². The first kappa shape index (κ1) is 18.0. The Bertz CT molecular complexity index is 460. The van der Waals surface area contributed by atoms with Gasteiger partial charge in [-0.2, -0.15) is 0 Å². The van der Waals surface area contributed by atoms with Crippen molar-refractivity contribution in [3.8, 4) is 0 Å². The van der Waals surface area contributed by atoms with Crippen LogP contribution >= 0.6 is 0 Å². The van der Waals surface area contributed by atoms with Crippen LogP contribution in [-0.4, -0.2) is 24.8 Å². The lowest BCUT2D eigenvalue weighted by Crippen LogP contribution is -2.35. The molecule has 23 heavy (non-hydrogen) atoms. The molecule has 1 aliphatic rings. The zero-order valence-corrected chi connectivity index (χ0v) is 14.2. The lowest BCUT2D eigenvalue weighted by Gasteiger charge is -2.35. The predicted molar refractivity (Wildman–Crippen MR) is 88.9 cm³/mol. The maximum absolute atomic E-state index is 11.8. The fourth-order valence-electron chi connectivity index (χ4n) is 2.90. The summed E-state index contributed by atoms with van der Waals surface area (Å²) in [7, 11) is 0. The fraction of sp³-hybridized carbons (Fsp3) is 0.632. The quantitative estimate of drug-likeness (QED) is 0.526. The van der Waals surface area contributed by atoms with E-state index in [-0.39, 0.29) is 18.2 Å². The Labute approximate surface area is 139 Å². The molecule has 2 rings (SSSR count). The normalized spacial score (nSPS) is 24.3. The summed E-state index contributed by atoms with van der Waals surface area (Å²) in [6, 6.07) is 9.92. The molecule has 4 heteroatoms. The molecule has 0 spiro atoms. The number of unbranched alkanes of at least 4 members (excludes halogenated alkanes) is 2. The van der Waals surface area contributed by atoms with Gasteiger partial charge in [0.15, 0.2) is 6.29 Å². The Morgan fingerprint density at radius 3 is 2.57 bits per heavy atom. The van der Waals surface area contributed by atoms with Gasteiger partial charge in [0.1, 0.15) is 0 Å². The van der Waals surface area contributed by atoms with Gasteiger partial charge in [0.25, 0.3) is 0 Å². The van der Waals surface area contributed by atoms with Crippen molar-refractivity contribution in [3.63, 3.8) is 0 Å². The van der Waals surface area contributed by atoms with Gasteiger partial charge in [0.2, 0.25) is 0 Å². The van der Waals surface area contributed by atoms with Crippen LogP contribution in [0.4, 0.5) is 0 Å². The van der Waals surface area contributed by atoms with Gasteiger partial charge in [-0.25, -0.2) is 0 Å². The molecule has 128 valence electrons. The smallest absolute Gasteiger partial charge is 0.308 e. The zero-order valence-electron chi connectivity index (χ0n) is 14.2. The van der Waals surface area contributed by atoms with Crippen LogP contribution in [-0.2, 0) is 19.0 Å². The van der Waals surface area contributed by atoms with Crippen LogP contribution in [0.1, 0.15) is 64.2 Å². The van der Waals surface area contributed by atoms with Gasteiger partial charge in [0.05, 0.1) is 25.2 Å². The first-order chi connectivity index (χ1) is 11.2. The SMILES string of the molecule is CCCCC[C@@H]1C[C@H](CC(=O)OCC)O[C@H](c2ccccc2)O1. The molecule has 0 bridgehead atoms. The Morgan fingerprint density at radius 2 is 1.87 bits per heavy atom. The van der Waals surface area contributed by atoms with Gasteiger partial charge in [0, 0.05) is 12.0 Å². The maximum Gasteiger partial charge on any atom is 0.308 e. The molecule has 0 unspecified atom stereocenters. The van der Waals surface area contributed by atoms with E-state index >= 15 is 0 Å². The molecule has 4 nitrogen and oxygen atoms in total. The molecule has 0 radical (unpaired) electrons.